The Morgan fingerprint density at radius 1 is 1.40 bits per heavy atom. The van der Waals surface area contributed by atoms with Crippen LogP contribution in [0.5, 0.6) is 0 Å². The maximum Gasteiger partial charge on any atom is 0.308 e. The third-order valence-corrected chi connectivity index (χ3v) is 2.76. The fourth-order valence-electron chi connectivity index (χ4n) is 1.15. The van der Waals surface area contributed by atoms with Gasteiger partial charge in [0.25, 0.3) is 0 Å². The Morgan fingerprint density at radius 2 is 2.00 bits per heavy atom. The van der Waals surface area contributed by atoms with Crippen LogP contribution in [0.2, 0.25) is 0 Å². The van der Waals surface area contributed by atoms with Crippen molar-refractivity contribution < 1.29 is 17.9 Å². The van der Waals surface area contributed by atoms with E-state index >= 15 is 0 Å². The first-order valence-electron chi connectivity index (χ1n) is 4.89. The maximum atomic E-state index is 11.0. The lowest BCUT2D eigenvalue weighted by Crippen LogP contribution is -2.23. The van der Waals surface area contributed by atoms with Crippen LogP contribution >= 0.6 is 0 Å². The van der Waals surface area contributed by atoms with E-state index in [0.29, 0.717) is 6.54 Å². The number of rotatable bonds is 7. The number of hydrogen-bond acceptors (Lipinski definition) is 4. The van der Waals surface area contributed by atoms with Crippen LogP contribution in [-0.2, 0) is 19.6 Å². The lowest BCUT2D eigenvalue weighted by atomic mass is 10.0. The Morgan fingerprint density at radius 3 is 2.47 bits per heavy atom. The molecule has 1 atom stereocenters. The summed E-state index contributed by atoms with van der Waals surface area (Å²) < 4.78 is 28.4. The quantitative estimate of drug-likeness (QED) is 0.517. The van der Waals surface area contributed by atoms with Crippen molar-refractivity contribution in [2.45, 2.75) is 26.2 Å². The fourth-order valence-corrected chi connectivity index (χ4v) is 1.67. The molecule has 0 rings (SSSR count). The Hall–Kier alpha value is -0.620. The maximum absolute atomic E-state index is 11.0. The molecule has 0 aromatic heterocycles. The average Bonchev–Trinajstić information content (AvgIpc) is 2.14. The summed E-state index contributed by atoms with van der Waals surface area (Å²) >= 11 is 0. The second-order valence-corrected chi connectivity index (χ2v) is 5.42. The van der Waals surface area contributed by atoms with Gasteiger partial charge in [0.1, 0.15) is 0 Å². The van der Waals surface area contributed by atoms with Crippen LogP contribution in [0.15, 0.2) is 0 Å². The molecular formula is C9H19NO4S. The summed E-state index contributed by atoms with van der Waals surface area (Å²) in [5.74, 6) is -0.334. The van der Waals surface area contributed by atoms with E-state index < -0.39 is 10.0 Å². The number of ether oxygens (including phenoxy) is 1. The van der Waals surface area contributed by atoms with Gasteiger partial charge < -0.3 is 4.74 Å². The van der Waals surface area contributed by atoms with Gasteiger partial charge in [-0.3, -0.25) is 4.79 Å². The highest BCUT2D eigenvalue weighted by molar-refractivity contribution is 7.88. The van der Waals surface area contributed by atoms with E-state index in [2.05, 4.69) is 9.46 Å². The smallest absolute Gasteiger partial charge is 0.308 e. The number of hydrogen-bond donors (Lipinski definition) is 1. The van der Waals surface area contributed by atoms with Crippen molar-refractivity contribution in [1.82, 2.24) is 4.72 Å². The summed E-state index contributed by atoms with van der Waals surface area (Å²) in [4.78, 5) is 11.0. The highest BCUT2D eigenvalue weighted by Crippen LogP contribution is 2.08. The SMILES string of the molecule is COC(=O)C(C)CCCCNS(C)(=O)=O. The minimum absolute atomic E-state index is 0.117. The first-order chi connectivity index (χ1) is 6.87. The zero-order chi connectivity index (χ0) is 11.9. The summed E-state index contributed by atoms with van der Waals surface area (Å²) in [6, 6.07) is 0. The molecule has 5 nitrogen and oxygen atoms in total. The van der Waals surface area contributed by atoms with Gasteiger partial charge in [-0.15, -0.1) is 0 Å². The van der Waals surface area contributed by atoms with E-state index in [-0.39, 0.29) is 11.9 Å². The first kappa shape index (κ1) is 14.4. The lowest BCUT2D eigenvalue weighted by molar-refractivity contribution is -0.145. The van der Waals surface area contributed by atoms with Crippen LogP contribution in [0, 0.1) is 5.92 Å². The second-order valence-electron chi connectivity index (χ2n) is 3.59. The molecule has 90 valence electrons. The third kappa shape index (κ3) is 8.38. The fraction of sp³-hybridized carbons (Fsp3) is 0.889. The topological polar surface area (TPSA) is 72.5 Å². The van der Waals surface area contributed by atoms with Gasteiger partial charge in [-0.1, -0.05) is 13.3 Å². The molecule has 0 aromatic carbocycles. The Balaban J connectivity index is 3.51. The van der Waals surface area contributed by atoms with Gasteiger partial charge in [0.05, 0.1) is 19.3 Å². The minimum Gasteiger partial charge on any atom is -0.469 e. The summed E-state index contributed by atoms with van der Waals surface area (Å²) in [5, 5.41) is 0. The zero-order valence-electron chi connectivity index (χ0n) is 9.45. The van der Waals surface area contributed by atoms with Crippen molar-refractivity contribution in [2.24, 2.45) is 5.92 Å². The Labute approximate surface area is 91.2 Å². The summed E-state index contributed by atoms with van der Waals surface area (Å²) in [5.41, 5.74) is 0. The highest BCUT2D eigenvalue weighted by Gasteiger charge is 2.11. The molecule has 0 aliphatic rings. The first-order valence-corrected chi connectivity index (χ1v) is 6.78. The molecule has 0 fully saturated rings. The van der Waals surface area contributed by atoms with Gasteiger partial charge in [-0.25, -0.2) is 13.1 Å². The molecule has 0 heterocycles. The molecule has 0 bridgehead atoms. The van der Waals surface area contributed by atoms with Crippen molar-refractivity contribution in [3.05, 3.63) is 0 Å². The van der Waals surface area contributed by atoms with Gasteiger partial charge in [0.2, 0.25) is 10.0 Å². The summed E-state index contributed by atoms with van der Waals surface area (Å²) in [7, 11) is -1.72. The molecular weight excluding hydrogens is 218 g/mol. The normalized spacial score (nSPS) is 13.5. The molecule has 0 radical (unpaired) electrons. The number of esters is 1. The second kappa shape index (κ2) is 6.79. The van der Waals surface area contributed by atoms with Crippen LogP contribution in [0.25, 0.3) is 0 Å². The molecule has 0 saturated carbocycles. The number of nitrogens with one attached hydrogen (secondary N) is 1. The molecule has 6 heteroatoms. The Bertz CT molecular complexity index is 286. The molecule has 1 unspecified atom stereocenters. The van der Waals surface area contributed by atoms with E-state index in [0.717, 1.165) is 25.5 Å². The van der Waals surface area contributed by atoms with Crippen molar-refractivity contribution in [2.75, 3.05) is 19.9 Å². The van der Waals surface area contributed by atoms with Gasteiger partial charge in [-0.05, 0) is 12.8 Å². The van der Waals surface area contributed by atoms with Gasteiger partial charge in [0.15, 0.2) is 0 Å². The van der Waals surface area contributed by atoms with Crippen LogP contribution in [-0.4, -0.2) is 34.3 Å². The van der Waals surface area contributed by atoms with Crippen molar-refractivity contribution in [1.29, 1.82) is 0 Å². The van der Waals surface area contributed by atoms with E-state index in [1.165, 1.54) is 7.11 Å². The van der Waals surface area contributed by atoms with E-state index in [1.54, 1.807) is 6.92 Å². The van der Waals surface area contributed by atoms with Crippen molar-refractivity contribution in [3.8, 4) is 0 Å². The van der Waals surface area contributed by atoms with Gasteiger partial charge in [-0.2, -0.15) is 0 Å². The van der Waals surface area contributed by atoms with Gasteiger partial charge >= 0.3 is 5.97 Å². The molecule has 0 amide bonds. The van der Waals surface area contributed by atoms with Gasteiger partial charge in [0, 0.05) is 6.54 Å². The number of carbonyl (C=O) groups is 1. The van der Waals surface area contributed by atoms with E-state index in [4.69, 9.17) is 0 Å². The summed E-state index contributed by atoms with van der Waals surface area (Å²) in [6.45, 7) is 2.22. The molecule has 0 aromatic rings. The van der Waals surface area contributed by atoms with Crippen molar-refractivity contribution in [3.63, 3.8) is 0 Å². The predicted octanol–water partition coefficient (Wildman–Crippen LogP) is 0.515. The predicted molar refractivity (Wildman–Crippen MR) is 57.9 cm³/mol. The van der Waals surface area contributed by atoms with Crippen LogP contribution in [0.4, 0.5) is 0 Å². The van der Waals surface area contributed by atoms with E-state index in [1.807, 2.05) is 0 Å². The number of methoxy groups -OCH3 is 1. The monoisotopic (exact) mass is 237 g/mol. The lowest BCUT2D eigenvalue weighted by Gasteiger charge is -2.08. The van der Waals surface area contributed by atoms with Crippen LogP contribution in [0.1, 0.15) is 26.2 Å². The number of sulfonamides is 1. The molecule has 0 aliphatic heterocycles. The molecule has 15 heavy (non-hydrogen) atoms. The van der Waals surface area contributed by atoms with Crippen LogP contribution in [0.3, 0.4) is 0 Å². The van der Waals surface area contributed by atoms with Crippen molar-refractivity contribution >= 4 is 16.0 Å². The number of carbonyl (C=O) groups excluding carboxylic acids is 1. The number of unbranched alkanes of at least 4 members (excludes halogenated alkanes) is 1. The minimum atomic E-state index is -3.09. The highest BCUT2D eigenvalue weighted by atomic mass is 32.2. The molecule has 1 N–H and O–H groups in total. The summed E-state index contributed by atoms with van der Waals surface area (Å²) in [6.07, 6.45) is 3.38. The molecule has 0 aliphatic carbocycles. The third-order valence-electron chi connectivity index (χ3n) is 2.03. The van der Waals surface area contributed by atoms with Crippen LogP contribution < -0.4 is 4.72 Å². The average molecular weight is 237 g/mol. The zero-order valence-corrected chi connectivity index (χ0v) is 10.3. The standard InChI is InChI=1S/C9H19NO4S/c1-8(9(11)14-2)6-4-5-7-10-15(3,12)13/h8,10H,4-7H2,1-3H3. The van der Waals surface area contributed by atoms with E-state index in [9.17, 15) is 13.2 Å². The Kier molecular flexibility index (Phi) is 6.51. The largest absolute Gasteiger partial charge is 0.469 e. The molecule has 0 saturated heterocycles. The molecule has 0 spiro atoms.